The molecule has 2 N–H and O–H groups in total. The van der Waals surface area contributed by atoms with E-state index >= 15 is 0 Å². The molecule has 0 radical (unpaired) electrons. The first-order valence-corrected chi connectivity index (χ1v) is 8.42. The van der Waals surface area contributed by atoms with Gasteiger partial charge in [-0.2, -0.15) is 0 Å². The molecule has 0 amide bonds. The van der Waals surface area contributed by atoms with Crippen LogP contribution in [-0.4, -0.2) is 60.5 Å². The first kappa shape index (κ1) is 22.2. The molecular weight excluding hydrogens is 400 g/mol. The number of hydrogen-bond acceptors (Lipinski definition) is 8. The summed E-state index contributed by atoms with van der Waals surface area (Å²) >= 11 is 0. The molecule has 0 aliphatic carbocycles. The van der Waals surface area contributed by atoms with Crippen LogP contribution in [0.1, 0.15) is 20.7 Å². The highest BCUT2D eigenvalue weighted by molar-refractivity contribution is 5.95. The topological polar surface area (TPSA) is 146 Å². The molecule has 0 aliphatic rings. The van der Waals surface area contributed by atoms with Gasteiger partial charge in [0.25, 0.3) is 0 Å². The number of ether oxygens (including phenoxy) is 4. The van der Waals surface area contributed by atoms with E-state index in [1.165, 1.54) is 62.8 Å². The number of hydrogen-bond donors (Lipinski definition) is 2. The Hall–Kier alpha value is -4.08. The fraction of sp³-hybridized carbons (Fsp3) is 0.200. The third-order valence-corrected chi connectivity index (χ3v) is 3.88. The smallest absolute Gasteiger partial charge is 0.349 e. The van der Waals surface area contributed by atoms with Crippen LogP contribution in [0.3, 0.4) is 0 Å². The van der Waals surface area contributed by atoms with Gasteiger partial charge in [-0.1, -0.05) is 0 Å². The van der Waals surface area contributed by atoms with Gasteiger partial charge in [0, 0.05) is 0 Å². The van der Waals surface area contributed by atoms with Crippen molar-refractivity contribution < 1.29 is 48.3 Å². The molecule has 0 spiro atoms. The van der Waals surface area contributed by atoms with E-state index in [1.807, 2.05) is 0 Å². The van der Waals surface area contributed by atoms with Crippen LogP contribution in [0.4, 0.5) is 0 Å². The summed E-state index contributed by atoms with van der Waals surface area (Å²) in [7, 11) is 2.84. The standard InChI is InChI=1S/C20H18O10/c1-27-13-7-3-11(4-8-13)19(25)29-15(17(21)22)16(18(23)24)30-20(26)12-5-9-14(28-2)10-6-12/h3-10,15-16H,1-2H3,(H,21,22)(H,23,24)/t15-,16?/m0/s1. The number of esters is 2. The van der Waals surface area contributed by atoms with Gasteiger partial charge in [-0.25, -0.2) is 19.2 Å². The van der Waals surface area contributed by atoms with Crippen LogP contribution < -0.4 is 9.47 Å². The second kappa shape index (κ2) is 9.92. The van der Waals surface area contributed by atoms with Crippen LogP contribution >= 0.6 is 0 Å². The fourth-order valence-electron chi connectivity index (χ4n) is 2.30. The van der Waals surface area contributed by atoms with Crippen molar-refractivity contribution in [2.45, 2.75) is 12.2 Å². The molecule has 0 saturated heterocycles. The van der Waals surface area contributed by atoms with Crippen molar-refractivity contribution in [3.8, 4) is 11.5 Å². The van der Waals surface area contributed by atoms with Crippen LogP contribution in [0.15, 0.2) is 48.5 Å². The molecule has 30 heavy (non-hydrogen) atoms. The summed E-state index contributed by atoms with van der Waals surface area (Å²) in [6.45, 7) is 0. The molecule has 0 saturated carbocycles. The molecule has 0 bridgehead atoms. The predicted molar refractivity (Wildman–Crippen MR) is 99.7 cm³/mol. The number of rotatable bonds is 9. The summed E-state index contributed by atoms with van der Waals surface area (Å²) in [4.78, 5) is 47.6. The Morgan fingerprint density at radius 2 is 0.933 bits per heavy atom. The van der Waals surface area contributed by atoms with Gasteiger partial charge >= 0.3 is 23.9 Å². The van der Waals surface area contributed by atoms with Crippen LogP contribution in [0.5, 0.6) is 11.5 Å². The molecule has 0 aliphatic heterocycles. The summed E-state index contributed by atoms with van der Waals surface area (Å²) in [5.74, 6) is -4.94. The van der Waals surface area contributed by atoms with Gasteiger partial charge in [-0.05, 0) is 48.5 Å². The lowest BCUT2D eigenvalue weighted by molar-refractivity contribution is -0.166. The van der Waals surface area contributed by atoms with Crippen molar-refractivity contribution in [1.29, 1.82) is 0 Å². The SMILES string of the molecule is COc1ccc(C(=O)OC(C(=O)O)[C@H](OC(=O)c2ccc(OC)cc2)C(=O)O)cc1. The lowest BCUT2D eigenvalue weighted by Crippen LogP contribution is -2.45. The molecule has 2 atom stereocenters. The third kappa shape index (κ3) is 5.47. The highest BCUT2D eigenvalue weighted by atomic mass is 16.6. The monoisotopic (exact) mass is 418 g/mol. The third-order valence-electron chi connectivity index (χ3n) is 3.88. The molecule has 10 nitrogen and oxygen atoms in total. The number of carbonyl (C=O) groups excluding carboxylic acids is 2. The lowest BCUT2D eigenvalue weighted by Gasteiger charge is -2.21. The quantitative estimate of drug-likeness (QED) is 0.576. The fourth-order valence-corrected chi connectivity index (χ4v) is 2.30. The minimum Gasteiger partial charge on any atom is -0.497 e. The zero-order valence-electron chi connectivity index (χ0n) is 15.9. The van der Waals surface area contributed by atoms with Crippen LogP contribution in [0, 0.1) is 0 Å². The van der Waals surface area contributed by atoms with Crippen molar-refractivity contribution in [3.63, 3.8) is 0 Å². The Kier molecular flexibility index (Phi) is 7.34. The van der Waals surface area contributed by atoms with Gasteiger partial charge in [0.15, 0.2) is 0 Å². The minimum absolute atomic E-state index is 0.0485. The minimum atomic E-state index is -2.28. The molecule has 0 heterocycles. The number of carbonyl (C=O) groups is 4. The molecule has 2 aromatic carbocycles. The van der Waals surface area contributed by atoms with Gasteiger partial charge < -0.3 is 29.2 Å². The van der Waals surface area contributed by atoms with Gasteiger partial charge in [-0.3, -0.25) is 0 Å². The molecule has 0 aromatic heterocycles. The maximum Gasteiger partial charge on any atom is 0.349 e. The number of benzene rings is 2. The van der Waals surface area contributed by atoms with Gasteiger partial charge in [0.05, 0.1) is 25.3 Å². The summed E-state index contributed by atoms with van der Waals surface area (Å²) in [5.41, 5.74) is -0.0969. The summed E-state index contributed by atoms with van der Waals surface area (Å²) in [6, 6.07) is 11.0. The van der Waals surface area contributed by atoms with Crippen molar-refractivity contribution in [2.75, 3.05) is 14.2 Å². The lowest BCUT2D eigenvalue weighted by atomic mass is 10.1. The van der Waals surface area contributed by atoms with E-state index in [9.17, 15) is 29.4 Å². The van der Waals surface area contributed by atoms with Gasteiger partial charge in [-0.15, -0.1) is 0 Å². The number of aliphatic carboxylic acids is 2. The van der Waals surface area contributed by atoms with Crippen molar-refractivity contribution in [3.05, 3.63) is 59.7 Å². The first-order chi connectivity index (χ1) is 14.3. The highest BCUT2D eigenvalue weighted by Crippen LogP contribution is 2.17. The molecular formula is C20H18O10. The Morgan fingerprint density at radius 3 is 1.17 bits per heavy atom. The predicted octanol–water partition coefficient (Wildman–Crippen LogP) is 1.62. The van der Waals surface area contributed by atoms with Crippen LogP contribution in [0.25, 0.3) is 0 Å². The molecule has 1 unspecified atom stereocenters. The zero-order valence-corrected chi connectivity index (χ0v) is 15.9. The van der Waals surface area contributed by atoms with Crippen LogP contribution in [-0.2, 0) is 19.1 Å². The van der Waals surface area contributed by atoms with Crippen molar-refractivity contribution in [2.24, 2.45) is 0 Å². The van der Waals surface area contributed by atoms with Crippen molar-refractivity contribution in [1.82, 2.24) is 0 Å². The van der Waals surface area contributed by atoms with E-state index in [2.05, 4.69) is 0 Å². The van der Waals surface area contributed by atoms with E-state index in [0.29, 0.717) is 11.5 Å². The Labute approximate surface area is 170 Å². The zero-order chi connectivity index (χ0) is 22.3. The van der Waals surface area contributed by atoms with Crippen LogP contribution in [0.2, 0.25) is 0 Å². The molecule has 2 aromatic rings. The second-order valence-electron chi connectivity index (χ2n) is 5.79. The average molecular weight is 418 g/mol. The van der Waals surface area contributed by atoms with Gasteiger partial charge in [0.2, 0.25) is 12.2 Å². The second-order valence-corrected chi connectivity index (χ2v) is 5.79. The molecule has 10 heteroatoms. The van der Waals surface area contributed by atoms with E-state index in [-0.39, 0.29) is 11.1 Å². The largest absolute Gasteiger partial charge is 0.497 e. The molecule has 2 rings (SSSR count). The maximum absolute atomic E-state index is 12.2. The van der Waals surface area contributed by atoms with Gasteiger partial charge in [0.1, 0.15) is 11.5 Å². The van der Waals surface area contributed by atoms with Crippen molar-refractivity contribution >= 4 is 23.9 Å². The molecule has 158 valence electrons. The Balaban J connectivity index is 2.19. The normalized spacial score (nSPS) is 12.2. The highest BCUT2D eigenvalue weighted by Gasteiger charge is 2.41. The average Bonchev–Trinajstić information content (AvgIpc) is 2.75. The number of methoxy groups -OCH3 is 2. The summed E-state index contributed by atoms with van der Waals surface area (Å²) in [6.07, 6.45) is -4.56. The van der Waals surface area contributed by atoms with E-state index in [1.54, 1.807) is 0 Å². The summed E-state index contributed by atoms with van der Waals surface area (Å²) in [5, 5.41) is 18.7. The first-order valence-electron chi connectivity index (χ1n) is 8.42. The summed E-state index contributed by atoms with van der Waals surface area (Å²) < 4.78 is 19.5. The van der Waals surface area contributed by atoms with E-state index < -0.39 is 36.1 Å². The Bertz CT molecular complexity index is 840. The Morgan fingerprint density at radius 1 is 0.633 bits per heavy atom. The molecule has 0 fully saturated rings. The number of carboxylic acids is 2. The van der Waals surface area contributed by atoms with E-state index in [0.717, 1.165) is 0 Å². The maximum atomic E-state index is 12.2. The van der Waals surface area contributed by atoms with E-state index in [4.69, 9.17) is 18.9 Å². The number of carboxylic acid groups (broad SMARTS) is 2.